The van der Waals surface area contributed by atoms with Crippen molar-refractivity contribution < 1.29 is 0 Å². The molecule has 1 N–H and O–H groups in total. The minimum atomic E-state index is 0.736. The molecule has 0 heterocycles. The summed E-state index contributed by atoms with van der Waals surface area (Å²) in [5, 5.41) is 3.82. The predicted molar refractivity (Wildman–Crippen MR) is 59.1 cm³/mol. The third-order valence-electron chi connectivity index (χ3n) is 5.26. The minimum absolute atomic E-state index is 0.736. The van der Waals surface area contributed by atoms with Crippen molar-refractivity contribution in [1.29, 1.82) is 0 Å². The fourth-order valence-corrected chi connectivity index (χ4v) is 4.35. The SMILES string of the molecule is CCC(C)N[C@H]1C[C@H]2C3CCC(C3)[C@@H]12. The third-order valence-corrected chi connectivity index (χ3v) is 5.26. The van der Waals surface area contributed by atoms with E-state index in [1.54, 1.807) is 19.3 Å². The van der Waals surface area contributed by atoms with Crippen LogP contribution in [0.3, 0.4) is 0 Å². The van der Waals surface area contributed by atoms with E-state index in [4.69, 9.17) is 0 Å². The van der Waals surface area contributed by atoms with Gasteiger partial charge in [0.1, 0.15) is 0 Å². The lowest BCUT2D eigenvalue weighted by Gasteiger charge is -2.49. The van der Waals surface area contributed by atoms with Crippen LogP contribution in [0.25, 0.3) is 0 Å². The van der Waals surface area contributed by atoms with Gasteiger partial charge < -0.3 is 5.32 Å². The lowest BCUT2D eigenvalue weighted by atomic mass is 9.62. The molecule has 3 fully saturated rings. The monoisotopic (exact) mass is 193 g/mol. The van der Waals surface area contributed by atoms with Crippen molar-refractivity contribution >= 4 is 0 Å². The molecule has 0 aromatic heterocycles. The maximum Gasteiger partial charge on any atom is 0.0106 e. The van der Waals surface area contributed by atoms with Crippen LogP contribution < -0.4 is 5.32 Å². The van der Waals surface area contributed by atoms with Crippen molar-refractivity contribution in [3.63, 3.8) is 0 Å². The lowest BCUT2D eigenvalue weighted by molar-refractivity contribution is 0.0437. The van der Waals surface area contributed by atoms with Gasteiger partial charge in [-0.1, -0.05) is 6.92 Å². The van der Waals surface area contributed by atoms with Gasteiger partial charge in [-0.05, 0) is 62.7 Å². The molecule has 0 radical (unpaired) electrons. The third kappa shape index (κ3) is 1.18. The number of fused-ring (bicyclic) bond motifs is 5. The summed E-state index contributed by atoms with van der Waals surface area (Å²) >= 11 is 0. The Bertz CT molecular complexity index is 223. The van der Waals surface area contributed by atoms with Crippen LogP contribution in [0.15, 0.2) is 0 Å². The second kappa shape index (κ2) is 3.23. The first-order valence-electron chi connectivity index (χ1n) is 6.55. The largest absolute Gasteiger partial charge is 0.311 e. The molecule has 3 rings (SSSR count). The van der Waals surface area contributed by atoms with Gasteiger partial charge in [0, 0.05) is 12.1 Å². The molecule has 0 aromatic rings. The molecule has 0 aliphatic heterocycles. The van der Waals surface area contributed by atoms with Crippen molar-refractivity contribution in [2.75, 3.05) is 0 Å². The van der Waals surface area contributed by atoms with E-state index in [0.717, 1.165) is 35.8 Å². The van der Waals surface area contributed by atoms with E-state index in [0.29, 0.717) is 0 Å². The fourth-order valence-electron chi connectivity index (χ4n) is 4.35. The van der Waals surface area contributed by atoms with Crippen LogP contribution in [0.1, 0.15) is 46.0 Å². The van der Waals surface area contributed by atoms with Crippen molar-refractivity contribution in [1.82, 2.24) is 5.32 Å². The highest BCUT2D eigenvalue weighted by molar-refractivity contribution is 5.09. The Morgan fingerprint density at radius 3 is 2.71 bits per heavy atom. The van der Waals surface area contributed by atoms with Crippen LogP contribution in [0.4, 0.5) is 0 Å². The summed E-state index contributed by atoms with van der Waals surface area (Å²) in [5.41, 5.74) is 0. The summed E-state index contributed by atoms with van der Waals surface area (Å²) in [6.45, 7) is 4.62. The summed E-state index contributed by atoms with van der Waals surface area (Å²) < 4.78 is 0. The Kier molecular flexibility index (Phi) is 2.12. The van der Waals surface area contributed by atoms with E-state index in [-0.39, 0.29) is 0 Å². The Balaban J connectivity index is 1.60. The highest BCUT2D eigenvalue weighted by Gasteiger charge is 2.56. The Labute approximate surface area is 87.7 Å². The first-order valence-corrected chi connectivity index (χ1v) is 6.55. The average molecular weight is 193 g/mol. The number of nitrogens with one attached hydrogen (secondary N) is 1. The Morgan fingerprint density at radius 1 is 1.21 bits per heavy atom. The normalized spacial score (nSPS) is 51.4. The second-order valence-electron chi connectivity index (χ2n) is 5.89. The van der Waals surface area contributed by atoms with Crippen LogP contribution in [0.2, 0.25) is 0 Å². The molecule has 14 heavy (non-hydrogen) atoms. The summed E-state index contributed by atoms with van der Waals surface area (Å²) in [4.78, 5) is 0. The van der Waals surface area contributed by atoms with E-state index < -0.39 is 0 Å². The van der Waals surface area contributed by atoms with Gasteiger partial charge in [0.25, 0.3) is 0 Å². The molecule has 6 atom stereocenters. The highest BCUT2D eigenvalue weighted by atomic mass is 15.0. The van der Waals surface area contributed by atoms with E-state index in [1.165, 1.54) is 12.8 Å². The molecule has 2 bridgehead atoms. The van der Waals surface area contributed by atoms with Crippen molar-refractivity contribution in [2.45, 2.75) is 58.0 Å². The van der Waals surface area contributed by atoms with Crippen molar-refractivity contribution in [3.8, 4) is 0 Å². The first-order chi connectivity index (χ1) is 6.79. The molecule has 0 aromatic carbocycles. The van der Waals surface area contributed by atoms with Crippen LogP contribution in [0, 0.1) is 23.7 Å². The number of rotatable bonds is 3. The molecular weight excluding hydrogens is 170 g/mol. The first kappa shape index (κ1) is 9.21. The lowest BCUT2D eigenvalue weighted by Crippen LogP contribution is -2.55. The topological polar surface area (TPSA) is 12.0 Å². The molecule has 1 heteroatoms. The van der Waals surface area contributed by atoms with Crippen LogP contribution in [0.5, 0.6) is 0 Å². The second-order valence-corrected chi connectivity index (χ2v) is 5.89. The molecule has 3 unspecified atom stereocenters. The molecule has 1 nitrogen and oxygen atoms in total. The highest BCUT2D eigenvalue weighted by Crippen LogP contribution is 2.61. The van der Waals surface area contributed by atoms with Crippen LogP contribution in [-0.4, -0.2) is 12.1 Å². The van der Waals surface area contributed by atoms with E-state index in [9.17, 15) is 0 Å². The molecule has 3 aliphatic carbocycles. The van der Waals surface area contributed by atoms with Gasteiger partial charge in [0.05, 0.1) is 0 Å². The zero-order valence-corrected chi connectivity index (χ0v) is 9.50. The summed E-state index contributed by atoms with van der Waals surface area (Å²) in [5.74, 6) is 4.47. The van der Waals surface area contributed by atoms with Crippen molar-refractivity contribution in [2.24, 2.45) is 23.7 Å². The van der Waals surface area contributed by atoms with Gasteiger partial charge in [0.2, 0.25) is 0 Å². The maximum atomic E-state index is 3.82. The molecule has 0 amide bonds. The van der Waals surface area contributed by atoms with E-state index in [1.807, 2.05) is 0 Å². The van der Waals surface area contributed by atoms with Gasteiger partial charge in [-0.3, -0.25) is 0 Å². The van der Waals surface area contributed by atoms with E-state index >= 15 is 0 Å². The smallest absolute Gasteiger partial charge is 0.0106 e. The number of hydrogen-bond donors (Lipinski definition) is 1. The molecule has 0 saturated heterocycles. The zero-order chi connectivity index (χ0) is 9.71. The van der Waals surface area contributed by atoms with Gasteiger partial charge in [0.15, 0.2) is 0 Å². The summed E-state index contributed by atoms with van der Waals surface area (Å²) in [7, 11) is 0. The van der Waals surface area contributed by atoms with Gasteiger partial charge in [-0.2, -0.15) is 0 Å². The molecule has 0 spiro atoms. The Morgan fingerprint density at radius 2 is 2.00 bits per heavy atom. The predicted octanol–water partition coefficient (Wildman–Crippen LogP) is 2.81. The quantitative estimate of drug-likeness (QED) is 0.727. The number of hydrogen-bond acceptors (Lipinski definition) is 1. The minimum Gasteiger partial charge on any atom is -0.311 e. The molecule has 3 aliphatic rings. The van der Waals surface area contributed by atoms with Gasteiger partial charge >= 0.3 is 0 Å². The molecule has 3 saturated carbocycles. The summed E-state index contributed by atoms with van der Waals surface area (Å²) in [6.07, 6.45) is 7.46. The standard InChI is InChI=1S/C13H23N/c1-3-8(2)14-12-7-11-9-4-5-10(6-9)13(11)12/h8-14H,3-7H2,1-2H3/t8?,9?,10?,11-,12-,13+/m0/s1. The zero-order valence-electron chi connectivity index (χ0n) is 9.50. The van der Waals surface area contributed by atoms with Gasteiger partial charge in [-0.25, -0.2) is 0 Å². The van der Waals surface area contributed by atoms with Crippen molar-refractivity contribution in [3.05, 3.63) is 0 Å². The fraction of sp³-hybridized carbons (Fsp3) is 1.00. The van der Waals surface area contributed by atoms with E-state index in [2.05, 4.69) is 19.2 Å². The van der Waals surface area contributed by atoms with Gasteiger partial charge in [-0.15, -0.1) is 0 Å². The molecule has 80 valence electrons. The molecular formula is C13H23N. The summed E-state index contributed by atoms with van der Waals surface area (Å²) in [6, 6.07) is 1.63. The average Bonchev–Trinajstić information content (AvgIpc) is 2.68. The van der Waals surface area contributed by atoms with Crippen LogP contribution >= 0.6 is 0 Å². The maximum absolute atomic E-state index is 3.82. The van der Waals surface area contributed by atoms with Crippen LogP contribution in [-0.2, 0) is 0 Å². The Hall–Kier alpha value is -0.0400.